The molecule has 0 aliphatic carbocycles. The maximum atomic E-state index is 12.7. The van der Waals surface area contributed by atoms with Gasteiger partial charge in [0.25, 0.3) is 0 Å². The van der Waals surface area contributed by atoms with Crippen LogP contribution in [0.25, 0.3) is 0 Å². The summed E-state index contributed by atoms with van der Waals surface area (Å²) in [5.74, 6) is -0.915. The summed E-state index contributed by atoms with van der Waals surface area (Å²) in [6, 6.07) is 0. The first kappa shape index (κ1) is 53.6. The molecule has 0 aliphatic heterocycles. The van der Waals surface area contributed by atoms with Crippen molar-refractivity contribution in [3.05, 3.63) is 36.5 Å². The average molecular weight is 787 g/mol. The summed E-state index contributed by atoms with van der Waals surface area (Å²) < 4.78 is 16.7. The van der Waals surface area contributed by atoms with Gasteiger partial charge in [-0.2, -0.15) is 0 Å². The van der Waals surface area contributed by atoms with Gasteiger partial charge in [0.1, 0.15) is 13.2 Å². The van der Waals surface area contributed by atoms with Crippen LogP contribution in [0.1, 0.15) is 245 Å². The van der Waals surface area contributed by atoms with E-state index in [9.17, 15) is 14.4 Å². The molecule has 0 saturated carbocycles. The van der Waals surface area contributed by atoms with Gasteiger partial charge in [0.15, 0.2) is 6.10 Å². The Morgan fingerprint density at radius 1 is 0.339 bits per heavy atom. The lowest BCUT2D eigenvalue weighted by Crippen LogP contribution is -2.30. The van der Waals surface area contributed by atoms with Crippen molar-refractivity contribution in [2.24, 2.45) is 0 Å². The van der Waals surface area contributed by atoms with Gasteiger partial charge in [-0.3, -0.25) is 14.4 Å². The molecule has 56 heavy (non-hydrogen) atoms. The number of allylic oxidation sites excluding steroid dienone is 6. The Labute approximate surface area is 346 Å². The van der Waals surface area contributed by atoms with E-state index >= 15 is 0 Å². The van der Waals surface area contributed by atoms with E-state index in [-0.39, 0.29) is 31.1 Å². The molecule has 0 aromatic carbocycles. The largest absolute Gasteiger partial charge is 0.462 e. The molecule has 0 bridgehead atoms. The van der Waals surface area contributed by atoms with E-state index in [0.29, 0.717) is 19.3 Å². The van der Waals surface area contributed by atoms with Crippen LogP contribution in [0.2, 0.25) is 0 Å². The highest BCUT2D eigenvalue weighted by molar-refractivity contribution is 5.71. The van der Waals surface area contributed by atoms with Crippen LogP contribution in [0.5, 0.6) is 0 Å². The van der Waals surface area contributed by atoms with E-state index in [1.165, 1.54) is 116 Å². The van der Waals surface area contributed by atoms with Crippen molar-refractivity contribution >= 4 is 17.9 Å². The molecular formula is C50H90O6. The fourth-order valence-corrected chi connectivity index (χ4v) is 6.66. The molecular weight excluding hydrogens is 697 g/mol. The highest BCUT2D eigenvalue weighted by Gasteiger charge is 2.19. The minimum absolute atomic E-state index is 0.0837. The lowest BCUT2D eigenvalue weighted by atomic mass is 10.1. The highest BCUT2D eigenvalue weighted by Crippen LogP contribution is 2.13. The van der Waals surface area contributed by atoms with Gasteiger partial charge in [-0.1, -0.05) is 166 Å². The fourth-order valence-electron chi connectivity index (χ4n) is 6.66. The van der Waals surface area contributed by atoms with E-state index < -0.39 is 6.10 Å². The van der Waals surface area contributed by atoms with Crippen LogP contribution in [0.15, 0.2) is 36.5 Å². The second-order valence-electron chi connectivity index (χ2n) is 16.0. The Bertz CT molecular complexity index is 953. The van der Waals surface area contributed by atoms with Gasteiger partial charge >= 0.3 is 17.9 Å². The van der Waals surface area contributed by atoms with Gasteiger partial charge in [0, 0.05) is 19.3 Å². The van der Waals surface area contributed by atoms with Crippen LogP contribution < -0.4 is 0 Å². The van der Waals surface area contributed by atoms with Gasteiger partial charge in [-0.15, -0.1) is 0 Å². The van der Waals surface area contributed by atoms with E-state index in [1.807, 2.05) is 0 Å². The zero-order valence-electron chi connectivity index (χ0n) is 37.2. The summed E-state index contributed by atoms with van der Waals surface area (Å²) in [5.41, 5.74) is 0. The van der Waals surface area contributed by atoms with Crippen LogP contribution in [-0.4, -0.2) is 37.2 Å². The molecule has 0 N–H and O–H groups in total. The first-order valence-electron chi connectivity index (χ1n) is 24.0. The Morgan fingerprint density at radius 3 is 0.946 bits per heavy atom. The van der Waals surface area contributed by atoms with Gasteiger partial charge in [0.2, 0.25) is 0 Å². The van der Waals surface area contributed by atoms with Crippen molar-refractivity contribution in [1.29, 1.82) is 0 Å². The molecule has 326 valence electrons. The van der Waals surface area contributed by atoms with Crippen LogP contribution in [0.4, 0.5) is 0 Å². The number of carbonyl (C=O) groups excluding carboxylic acids is 3. The number of unbranched alkanes of at least 4 members (excludes halogenated alkanes) is 26. The zero-order valence-corrected chi connectivity index (χ0v) is 37.2. The molecule has 0 rings (SSSR count). The smallest absolute Gasteiger partial charge is 0.306 e. The van der Waals surface area contributed by atoms with Crippen molar-refractivity contribution in [3.63, 3.8) is 0 Å². The standard InChI is InChI=1S/C50H90O6/c1-4-7-10-13-16-19-22-25-26-29-31-34-37-40-43-49(52)55-46-47(56-50(53)44-41-38-35-32-28-24-21-18-15-12-9-6-3)45-54-48(51)42-39-36-33-30-27-23-20-17-14-11-8-5-2/h17-18,20-21,26,29,47H,4-16,19,22-25,27-28,30-46H2,1-3H3/b20-17-,21-18-,29-26-. The number of ether oxygens (including phenoxy) is 3. The minimum atomic E-state index is -0.781. The third kappa shape index (κ3) is 42.8. The Hall–Kier alpha value is -2.37. The molecule has 0 spiro atoms. The predicted molar refractivity (Wildman–Crippen MR) is 238 cm³/mol. The lowest BCUT2D eigenvalue weighted by Gasteiger charge is -2.18. The molecule has 0 radical (unpaired) electrons. The maximum absolute atomic E-state index is 12.7. The third-order valence-corrected chi connectivity index (χ3v) is 10.3. The first-order valence-corrected chi connectivity index (χ1v) is 24.0. The summed E-state index contributed by atoms with van der Waals surface area (Å²) in [7, 11) is 0. The molecule has 6 nitrogen and oxygen atoms in total. The Balaban J connectivity index is 4.40. The molecule has 0 saturated heterocycles. The number of carbonyl (C=O) groups is 3. The van der Waals surface area contributed by atoms with Crippen molar-refractivity contribution in [2.75, 3.05) is 13.2 Å². The van der Waals surface area contributed by atoms with Crippen molar-refractivity contribution in [1.82, 2.24) is 0 Å². The summed E-state index contributed by atoms with van der Waals surface area (Å²) in [5, 5.41) is 0. The van der Waals surface area contributed by atoms with Crippen LogP contribution in [-0.2, 0) is 28.6 Å². The van der Waals surface area contributed by atoms with Gasteiger partial charge < -0.3 is 14.2 Å². The van der Waals surface area contributed by atoms with Gasteiger partial charge in [-0.05, 0) is 96.3 Å². The monoisotopic (exact) mass is 787 g/mol. The van der Waals surface area contributed by atoms with E-state index in [2.05, 4.69) is 57.2 Å². The second-order valence-corrected chi connectivity index (χ2v) is 16.0. The topological polar surface area (TPSA) is 78.9 Å². The molecule has 0 amide bonds. The lowest BCUT2D eigenvalue weighted by molar-refractivity contribution is -0.167. The number of rotatable bonds is 43. The van der Waals surface area contributed by atoms with Crippen LogP contribution in [0.3, 0.4) is 0 Å². The summed E-state index contributed by atoms with van der Waals surface area (Å²) in [6.45, 7) is 6.56. The normalized spacial score (nSPS) is 12.3. The zero-order chi connectivity index (χ0) is 40.8. The summed E-state index contributed by atoms with van der Waals surface area (Å²) in [6.07, 6.45) is 51.2. The van der Waals surface area contributed by atoms with Crippen LogP contribution in [0, 0.1) is 0 Å². The van der Waals surface area contributed by atoms with Crippen molar-refractivity contribution < 1.29 is 28.6 Å². The molecule has 1 unspecified atom stereocenters. The number of hydrogen-bond acceptors (Lipinski definition) is 6. The Kier molecular flexibility index (Phi) is 43.4. The maximum Gasteiger partial charge on any atom is 0.306 e. The Morgan fingerprint density at radius 2 is 0.589 bits per heavy atom. The number of esters is 3. The molecule has 1 atom stereocenters. The molecule has 0 aromatic heterocycles. The number of hydrogen-bond donors (Lipinski definition) is 0. The SMILES string of the molecule is CCCCC/C=C\CCCCCCCC(=O)OCC(COC(=O)CCCCC/C=C\CCCCCCCCC)OC(=O)CCCCCCC/C=C\CCCCC. The van der Waals surface area contributed by atoms with Gasteiger partial charge in [-0.25, -0.2) is 0 Å². The summed E-state index contributed by atoms with van der Waals surface area (Å²) in [4.78, 5) is 37.8. The van der Waals surface area contributed by atoms with E-state index in [4.69, 9.17) is 14.2 Å². The van der Waals surface area contributed by atoms with Crippen LogP contribution >= 0.6 is 0 Å². The quantitative estimate of drug-likeness (QED) is 0.0265. The van der Waals surface area contributed by atoms with E-state index in [0.717, 1.165) is 89.9 Å². The molecule has 0 aromatic rings. The van der Waals surface area contributed by atoms with Gasteiger partial charge in [0.05, 0.1) is 0 Å². The minimum Gasteiger partial charge on any atom is -0.462 e. The molecule has 6 heteroatoms. The molecule has 0 fully saturated rings. The van der Waals surface area contributed by atoms with Crippen molar-refractivity contribution in [2.45, 2.75) is 252 Å². The summed E-state index contributed by atoms with van der Waals surface area (Å²) >= 11 is 0. The highest BCUT2D eigenvalue weighted by atomic mass is 16.6. The predicted octanol–water partition coefficient (Wildman–Crippen LogP) is 15.4. The first-order chi connectivity index (χ1) is 27.5. The fraction of sp³-hybridized carbons (Fsp3) is 0.820. The molecule has 0 heterocycles. The van der Waals surface area contributed by atoms with Crippen molar-refractivity contribution in [3.8, 4) is 0 Å². The average Bonchev–Trinajstić information content (AvgIpc) is 3.19. The van der Waals surface area contributed by atoms with E-state index in [1.54, 1.807) is 0 Å². The third-order valence-electron chi connectivity index (χ3n) is 10.3. The molecule has 0 aliphatic rings. The second kappa shape index (κ2) is 45.3.